The lowest BCUT2D eigenvalue weighted by Gasteiger charge is -2.34. The molecule has 2 atom stereocenters. The van der Waals surface area contributed by atoms with Gasteiger partial charge in [-0.15, -0.1) is 0 Å². The summed E-state index contributed by atoms with van der Waals surface area (Å²) < 4.78 is 0. The maximum absolute atomic E-state index is 12.4. The van der Waals surface area contributed by atoms with Gasteiger partial charge >= 0.3 is 0 Å². The normalized spacial score (nSPS) is 19.1. The lowest BCUT2D eigenvalue weighted by atomic mass is 9.98. The number of carbonyl (C=O) groups excluding carboxylic acids is 2. The molecule has 2 amide bonds. The average molecular weight is 283 g/mol. The highest BCUT2D eigenvalue weighted by molar-refractivity contribution is 5.88. The van der Waals surface area contributed by atoms with Crippen LogP contribution in [0.4, 0.5) is 0 Å². The minimum atomic E-state index is -0.323. The summed E-state index contributed by atoms with van der Waals surface area (Å²) in [5.41, 5.74) is 5.68. The largest absolute Gasteiger partial charge is 0.354 e. The fraction of sp³-hybridized carbons (Fsp3) is 0.867. The molecule has 2 unspecified atom stereocenters. The summed E-state index contributed by atoms with van der Waals surface area (Å²) in [4.78, 5) is 26.2. The minimum Gasteiger partial charge on any atom is -0.354 e. The summed E-state index contributed by atoms with van der Waals surface area (Å²) in [5, 5.41) is 2.92. The van der Waals surface area contributed by atoms with Crippen LogP contribution in [0, 0.1) is 5.92 Å². The first-order valence-corrected chi connectivity index (χ1v) is 7.74. The van der Waals surface area contributed by atoms with Crippen molar-refractivity contribution in [3.63, 3.8) is 0 Å². The smallest absolute Gasteiger partial charge is 0.242 e. The highest BCUT2D eigenvalue weighted by Crippen LogP contribution is 2.19. The molecule has 0 aliphatic carbocycles. The number of rotatable bonds is 7. The van der Waals surface area contributed by atoms with Crippen LogP contribution in [0.15, 0.2) is 0 Å². The van der Waals surface area contributed by atoms with Gasteiger partial charge in [-0.05, 0) is 38.5 Å². The van der Waals surface area contributed by atoms with Gasteiger partial charge < -0.3 is 16.0 Å². The highest BCUT2D eigenvalue weighted by atomic mass is 16.2. The molecule has 1 aliphatic rings. The summed E-state index contributed by atoms with van der Waals surface area (Å²) in [5.74, 6) is 0.466. The van der Waals surface area contributed by atoms with E-state index in [-0.39, 0.29) is 23.9 Å². The van der Waals surface area contributed by atoms with E-state index < -0.39 is 0 Å². The zero-order valence-corrected chi connectivity index (χ0v) is 13.0. The second kappa shape index (κ2) is 8.25. The highest BCUT2D eigenvalue weighted by Gasteiger charge is 2.31. The zero-order valence-electron chi connectivity index (χ0n) is 13.0. The molecule has 1 heterocycles. The Kier molecular flexibility index (Phi) is 6.99. The molecule has 0 bridgehead atoms. The fourth-order valence-electron chi connectivity index (χ4n) is 2.52. The third-order valence-corrected chi connectivity index (χ3v) is 3.63. The summed E-state index contributed by atoms with van der Waals surface area (Å²) in [6.07, 6.45) is 3.98. The molecule has 0 saturated carbocycles. The standard InChI is InChI=1S/C15H29N3O2/c1-11(2)10-13(15(20)17-8-7-12(3)16)18-9-5-4-6-14(18)19/h11-13H,4-10,16H2,1-3H3,(H,17,20). The molecular weight excluding hydrogens is 254 g/mol. The molecule has 1 rings (SSSR count). The predicted octanol–water partition coefficient (Wildman–Crippen LogP) is 1.27. The first-order chi connectivity index (χ1) is 9.41. The summed E-state index contributed by atoms with van der Waals surface area (Å²) in [6.45, 7) is 7.36. The molecule has 1 fully saturated rings. The van der Waals surface area contributed by atoms with E-state index in [4.69, 9.17) is 5.73 Å². The van der Waals surface area contributed by atoms with Gasteiger partial charge in [-0.25, -0.2) is 0 Å². The maximum Gasteiger partial charge on any atom is 0.242 e. The van der Waals surface area contributed by atoms with Crippen LogP contribution in [-0.4, -0.2) is 41.9 Å². The Bertz CT molecular complexity index is 329. The molecule has 0 spiro atoms. The Hall–Kier alpha value is -1.10. The molecule has 5 nitrogen and oxygen atoms in total. The van der Waals surface area contributed by atoms with Crippen LogP contribution in [0.5, 0.6) is 0 Å². The van der Waals surface area contributed by atoms with Gasteiger partial charge in [-0.2, -0.15) is 0 Å². The topological polar surface area (TPSA) is 75.4 Å². The van der Waals surface area contributed by atoms with Crippen molar-refractivity contribution < 1.29 is 9.59 Å². The van der Waals surface area contributed by atoms with Crippen molar-refractivity contribution in [1.29, 1.82) is 0 Å². The molecule has 3 N–H and O–H groups in total. The number of carbonyl (C=O) groups is 2. The number of amides is 2. The fourth-order valence-corrected chi connectivity index (χ4v) is 2.52. The monoisotopic (exact) mass is 283 g/mol. The van der Waals surface area contributed by atoms with E-state index in [0.29, 0.717) is 25.4 Å². The number of likely N-dealkylation sites (tertiary alicyclic amines) is 1. The molecule has 0 radical (unpaired) electrons. The van der Waals surface area contributed by atoms with E-state index in [9.17, 15) is 9.59 Å². The van der Waals surface area contributed by atoms with Crippen LogP contribution >= 0.6 is 0 Å². The number of hydrogen-bond donors (Lipinski definition) is 2. The SMILES string of the molecule is CC(C)CC(C(=O)NCCC(C)N)N1CCCCC1=O. The quantitative estimate of drug-likeness (QED) is 0.739. The molecule has 5 heteroatoms. The van der Waals surface area contributed by atoms with E-state index in [1.165, 1.54) is 0 Å². The molecule has 20 heavy (non-hydrogen) atoms. The second-order valence-corrected chi connectivity index (χ2v) is 6.25. The van der Waals surface area contributed by atoms with Gasteiger partial charge in [0.05, 0.1) is 0 Å². The van der Waals surface area contributed by atoms with Crippen LogP contribution in [0.25, 0.3) is 0 Å². The van der Waals surface area contributed by atoms with Gasteiger partial charge in [-0.1, -0.05) is 13.8 Å². The average Bonchev–Trinajstić information content (AvgIpc) is 2.36. The molecule has 116 valence electrons. The number of piperidine rings is 1. The van der Waals surface area contributed by atoms with Crippen molar-refractivity contribution in [2.24, 2.45) is 11.7 Å². The van der Waals surface area contributed by atoms with Gasteiger partial charge in [0.15, 0.2) is 0 Å². The van der Waals surface area contributed by atoms with Crippen molar-refractivity contribution in [3.8, 4) is 0 Å². The van der Waals surface area contributed by atoms with Gasteiger partial charge in [0.25, 0.3) is 0 Å². The summed E-state index contributed by atoms with van der Waals surface area (Å²) in [6, 6.07) is -0.244. The number of hydrogen-bond acceptors (Lipinski definition) is 3. The first kappa shape index (κ1) is 17.0. The van der Waals surface area contributed by atoms with E-state index in [1.54, 1.807) is 4.90 Å². The number of nitrogens with one attached hydrogen (secondary N) is 1. The van der Waals surface area contributed by atoms with Crippen LogP contribution in [0.3, 0.4) is 0 Å². The van der Waals surface area contributed by atoms with Gasteiger partial charge in [0.1, 0.15) is 6.04 Å². The molecule has 1 aliphatic heterocycles. The maximum atomic E-state index is 12.4. The van der Waals surface area contributed by atoms with Gasteiger partial charge in [0, 0.05) is 25.6 Å². The van der Waals surface area contributed by atoms with Crippen LogP contribution in [0.2, 0.25) is 0 Å². The Balaban J connectivity index is 2.62. The summed E-state index contributed by atoms with van der Waals surface area (Å²) in [7, 11) is 0. The zero-order chi connectivity index (χ0) is 15.1. The van der Waals surface area contributed by atoms with Crippen molar-refractivity contribution in [2.45, 2.75) is 65.0 Å². The van der Waals surface area contributed by atoms with Gasteiger partial charge in [-0.3, -0.25) is 9.59 Å². The Morgan fingerprint density at radius 3 is 2.60 bits per heavy atom. The number of nitrogens with zero attached hydrogens (tertiary/aromatic N) is 1. The van der Waals surface area contributed by atoms with Crippen LogP contribution < -0.4 is 11.1 Å². The summed E-state index contributed by atoms with van der Waals surface area (Å²) >= 11 is 0. The van der Waals surface area contributed by atoms with Crippen molar-refractivity contribution in [2.75, 3.05) is 13.1 Å². The molecular formula is C15H29N3O2. The lowest BCUT2D eigenvalue weighted by Crippen LogP contribution is -2.52. The third kappa shape index (κ3) is 5.49. The minimum absolute atomic E-state index is 0.0328. The van der Waals surface area contributed by atoms with E-state index in [2.05, 4.69) is 19.2 Å². The second-order valence-electron chi connectivity index (χ2n) is 6.25. The van der Waals surface area contributed by atoms with E-state index >= 15 is 0 Å². The van der Waals surface area contributed by atoms with Crippen molar-refractivity contribution in [1.82, 2.24) is 10.2 Å². The van der Waals surface area contributed by atoms with E-state index in [1.807, 2.05) is 6.92 Å². The van der Waals surface area contributed by atoms with Crippen LogP contribution in [-0.2, 0) is 9.59 Å². The third-order valence-electron chi connectivity index (χ3n) is 3.63. The Morgan fingerprint density at radius 2 is 2.05 bits per heavy atom. The lowest BCUT2D eigenvalue weighted by molar-refractivity contribution is -0.143. The van der Waals surface area contributed by atoms with Crippen LogP contribution in [0.1, 0.15) is 52.9 Å². The predicted molar refractivity (Wildman–Crippen MR) is 80.1 cm³/mol. The van der Waals surface area contributed by atoms with E-state index in [0.717, 1.165) is 25.7 Å². The van der Waals surface area contributed by atoms with Crippen molar-refractivity contribution >= 4 is 11.8 Å². The molecule has 1 saturated heterocycles. The first-order valence-electron chi connectivity index (χ1n) is 7.74. The Morgan fingerprint density at radius 1 is 1.35 bits per heavy atom. The van der Waals surface area contributed by atoms with Crippen molar-refractivity contribution in [3.05, 3.63) is 0 Å². The molecule has 0 aromatic heterocycles. The molecule has 0 aromatic rings. The number of nitrogens with two attached hydrogens (primary N) is 1. The van der Waals surface area contributed by atoms with Gasteiger partial charge in [0.2, 0.25) is 11.8 Å². The Labute approximate surface area is 122 Å². The molecule has 0 aromatic carbocycles.